The Morgan fingerprint density at radius 3 is 2.44 bits per heavy atom. The van der Waals surface area contributed by atoms with Crippen molar-refractivity contribution in [3.8, 4) is 5.69 Å². The van der Waals surface area contributed by atoms with E-state index < -0.39 is 0 Å². The zero-order chi connectivity index (χ0) is 22.1. The van der Waals surface area contributed by atoms with E-state index in [1.807, 2.05) is 0 Å². The maximum Gasteiger partial charge on any atom is 0.267 e. The Morgan fingerprint density at radius 2 is 1.72 bits per heavy atom. The van der Waals surface area contributed by atoms with Gasteiger partial charge >= 0.3 is 0 Å². The third kappa shape index (κ3) is 4.09. The number of hydrogen-bond donors (Lipinski definition) is 2. The molecular formula is C24H21Cl2N5O. The van der Waals surface area contributed by atoms with Crippen LogP contribution in [0.5, 0.6) is 0 Å². The second-order valence-electron chi connectivity index (χ2n) is 7.85. The number of anilines is 2. The van der Waals surface area contributed by atoms with Crippen molar-refractivity contribution in [2.75, 3.05) is 18.4 Å². The molecule has 4 aromatic rings. The van der Waals surface area contributed by atoms with Gasteiger partial charge in [0.05, 0.1) is 26.6 Å². The number of halogens is 2. The van der Waals surface area contributed by atoms with Crippen LogP contribution in [0, 0.1) is 0 Å². The summed E-state index contributed by atoms with van der Waals surface area (Å²) < 4.78 is 1.35. The van der Waals surface area contributed by atoms with Crippen LogP contribution in [0.2, 0.25) is 10.0 Å². The molecule has 0 bridgehead atoms. The molecule has 1 fully saturated rings. The molecule has 1 aliphatic rings. The molecule has 32 heavy (non-hydrogen) atoms. The molecule has 0 amide bonds. The molecule has 3 heterocycles. The summed E-state index contributed by atoms with van der Waals surface area (Å²) in [5.41, 5.74) is 2.97. The molecule has 1 aliphatic heterocycles. The van der Waals surface area contributed by atoms with Crippen molar-refractivity contribution >= 4 is 45.6 Å². The van der Waals surface area contributed by atoms with Crippen LogP contribution in [-0.2, 0) is 0 Å². The van der Waals surface area contributed by atoms with Crippen LogP contribution in [0.4, 0.5) is 11.5 Å². The highest BCUT2D eigenvalue weighted by atomic mass is 35.5. The van der Waals surface area contributed by atoms with E-state index in [4.69, 9.17) is 23.2 Å². The predicted molar refractivity (Wildman–Crippen MR) is 130 cm³/mol. The fourth-order valence-electron chi connectivity index (χ4n) is 4.11. The maximum atomic E-state index is 13.0. The molecule has 0 unspecified atom stereocenters. The summed E-state index contributed by atoms with van der Waals surface area (Å²) in [6.07, 6.45) is 5.30. The summed E-state index contributed by atoms with van der Waals surface area (Å²) in [6, 6.07) is 15.3. The number of pyridine rings is 1. The van der Waals surface area contributed by atoms with Crippen LogP contribution in [0.3, 0.4) is 0 Å². The zero-order valence-corrected chi connectivity index (χ0v) is 18.7. The molecule has 8 heteroatoms. The van der Waals surface area contributed by atoms with Gasteiger partial charge in [-0.15, -0.1) is 0 Å². The van der Waals surface area contributed by atoms with E-state index in [1.54, 1.807) is 24.3 Å². The van der Waals surface area contributed by atoms with E-state index in [1.165, 1.54) is 35.5 Å². The molecule has 5 rings (SSSR count). The lowest BCUT2D eigenvalue weighted by molar-refractivity contribution is 0.460. The van der Waals surface area contributed by atoms with Gasteiger partial charge in [-0.2, -0.15) is 0 Å². The molecule has 0 atom stereocenters. The van der Waals surface area contributed by atoms with E-state index in [9.17, 15) is 4.79 Å². The SMILES string of the molecule is O=c1c2cnc(Nc3ccc(C4CCNCC4)cc3)cc2ncn1-c1c(Cl)cccc1Cl. The number of benzene rings is 2. The maximum absolute atomic E-state index is 13.0. The van der Waals surface area contributed by atoms with Gasteiger partial charge in [0.2, 0.25) is 0 Å². The lowest BCUT2D eigenvalue weighted by Gasteiger charge is -2.23. The van der Waals surface area contributed by atoms with Gasteiger partial charge in [-0.3, -0.25) is 9.36 Å². The van der Waals surface area contributed by atoms with Crippen molar-refractivity contribution in [1.82, 2.24) is 19.9 Å². The third-order valence-electron chi connectivity index (χ3n) is 5.82. The molecule has 1 saturated heterocycles. The second-order valence-corrected chi connectivity index (χ2v) is 8.66. The van der Waals surface area contributed by atoms with Crippen LogP contribution in [-0.4, -0.2) is 27.6 Å². The molecule has 6 nitrogen and oxygen atoms in total. The Kier molecular flexibility index (Phi) is 5.83. The number of nitrogens with one attached hydrogen (secondary N) is 2. The molecule has 0 aliphatic carbocycles. The summed E-state index contributed by atoms with van der Waals surface area (Å²) >= 11 is 12.5. The first-order valence-electron chi connectivity index (χ1n) is 10.5. The van der Waals surface area contributed by atoms with E-state index in [0.29, 0.717) is 38.4 Å². The monoisotopic (exact) mass is 465 g/mol. The van der Waals surface area contributed by atoms with Gasteiger partial charge in [0.1, 0.15) is 12.1 Å². The number of nitrogens with zero attached hydrogens (tertiary/aromatic N) is 3. The largest absolute Gasteiger partial charge is 0.340 e. The van der Waals surface area contributed by atoms with Crippen LogP contribution in [0.25, 0.3) is 16.6 Å². The Bertz CT molecular complexity index is 1310. The van der Waals surface area contributed by atoms with Crippen molar-refractivity contribution in [2.45, 2.75) is 18.8 Å². The Labute approximate surface area is 195 Å². The standard InChI is InChI=1S/C24H21Cl2N5O/c25-19-2-1-3-20(26)23(19)31-14-29-21-12-22(28-13-18(21)24(31)32)30-17-6-4-15(5-7-17)16-8-10-27-11-9-16/h1-7,12-14,16,27H,8-11H2,(H,28,30). The first-order valence-corrected chi connectivity index (χ1v) is 11.3. The van der Waals surface area contributed by atoms with Gasteiger partial charge in [-0.1, -0.05) is 41.4 Å². The number of aromatic nitrogens is 3. The predicted octanol–water partition coefficient (Wildman–Crippen LogP) is 5.30. The minimum atomic E-state index is -0.282. The summed E-state index contributed by atoms with van der Waals surface area (Å²) in [5, 5.41) is 7.83. The van der Waals surface area contributed by atoms with Crippen molar-refractivity contribution in [2.24, 2.45) is 0 Å². The van der Waals surface area contributed by atoms with E-state index in [0.717, 1.165) is 18.8 Å². The Hall–Kier alpha value is -2.93. The molecule has 2 aromatic heterocycles. The molecule has 2 N–H and O–H groups in total. The number of fused-ring (bicyclic) bond motifs is 1. The molecule has 0 saturated carbocycles. The van der Waals surface area contributed by atoms with Gasteiger partial charge in [0, 0.05) is 18.0 Å². The molecule has 2 aromatic carbocycles. The van der Waals surface area contributed by atoms with Crippen LogP contribution >= 0.6 is 23.2 Å². The van der Waals surface area contributed by atoms with Gasteiger partial charge in [-0.25, -0.2) is 9.97 Å². The van der Waals surface area contributed by atoms with Crippen LogP contribution in [0.1, 0.15) is 24.3 Å². The number of piperidine rings is 1. The quantitative estimate of drug-likeness (QED) is 0.427. The molecule has 0 radical (unpaired) electrons. The van der Waals surface area contributed by atoms with Crippen molar-refractivity contribution in [3.63, 3.8) is 0 Å². The first kappa shape index (κ1) is 20.9. The lowest BCUT2D eigenvalue weighted by atomic mass is 9.90. The second kappa shape index (κ2) is 8.90. The first-order chi connectivity index (χ1) is 15.6. The normalized spacial score (nSPS) is 14.6. The average molecular weight is 466 g/mol. The Morgan fingerprint density at radius 1 is 1.00 bits per heavy atom. The molecule has 0 spiro atoms. The minimum absolute atomic E-state index is 0.282. The summed E-state index contributed by atoms with van der Waals surface area (Å²) in [5.74, 6) is 1.23. The highest BCUT2D eigenvalue weighted by Gasteiger charge is 2.15. The Balaban J connectivity index is 1.41. The number of hydrogen-bond acceptors (Lipinski definition) is 5. The highest BCUT2D eigenvalue weighted by Crippen LogP contribution is 2.28. The summed E-state index contributed by atoms with van der Waals surface area (Å²) in [4.78, 5) is 21.9. The fourth-order valence-corrected chi connectivity index (χ4v) is 4.69. The lowest BCUT2D eigenvalue weighted by Crippen LogP contribution is -2.26. The van der Waals surface area contributed by atoms with Gasteiger partial charge in [0.15, 0.2) is 0 Å². The average Bonchev–Trinajstić information content (AvgIpc) is 2.81. The van der Waals surface area contributed by atoms with E-state index in [-0.39, 0.29) is 5.56 Å². The number of para-hydroxylation sites is 1. The zero-order valence-electron chi connectivity index (χ0n) is 17.2. The van der Waals surface area contributed by atoms with Crippen molar-refractivity contribution < 1.29 is 0 Å². The van der Waals surface area contributed by atoms with Crippen LogP contribution in [0.15, 0.2) is 65.8 Å². The third-order valence-corrected chi connectivity index (χ3v) is 6.43. The molecular weight excluding hydrogens is 445 g/mol. The van der Waals surface area contributed by atoms with Gasteiger partial charge in [0.25, 0.3) is 5.56 Å². The van der Waals surface area contributed by atoms with E-state index in [2.05, 4.69) is 44.9 Å². The van der Waals surface area contributed by atoms with Gasteiger partial charge < -0.3 is 10.6 Å². The fraction of sp³-hybridized carbons (Fsp3) is 0.208. The van der Waals surface area contributed by atoms with Crippen molar-refractivity contribution in [1.29, 1.82) is 0 Å². The topological polar surface area (TPSA) is 71.8 Å². The number of rotatable bonds is 4. The summed E-state index contributed by atoms with van der Waals surface area (Å²) in [7, 11) is 0. The van der Waals surface area contributed by atoms with Crippen LogP contribution < -0.4 is 16.2 Å². The minimum Gasteiger partial charge on any atom is -0.340 e. The van der Waals surface area contributed by atoms with Crippen molar-refractivity contribution in [3.05, 3.63) is 87.0 Å². The highest BCUT2D eigenvalue weighted by molar-refractivity contribution is 6.37. The molecule has 162 valence electrons. The summed E-state index contributed by atoms with van der Waals surface area (Å²) in [6.45, 7) is 2.14. The smallest absolute Gasteiger partial charge is 0.267 e. The van der Waals surface area contributed by atoms with Gasteiger partial charge in [-0.05, 0) is 61.7 Å². The van der Waals surface area contributed by atoms with E-state index >= 15 is 0 Å².